The second-order valence-corrected chi connectivity index (χ2v) is 12.0. The van der Waals surface area contributed by atoms with Crippen molar-refractivity contribution >= 4 is 46.4 Å². The van der Waals surface area contributed by atoms with Crippen LogP contribution < -0.4 is 24.8 Å². The number of fused-ring (bicyclic) bond motifs is 8. The van der Waals surface area contributed by atoms with Gasteiger partial charge in [0.2, 0.25) is 0 Å². The third-order valence-corrected chi connectivity index (χ3v) is 8.87. The van der Waals surface area contributed by atoms with E-state index in [4.69, 9.17) is 9.97 Å². The molecule has 5 heterocycles. The molecule has 9 rings (SSSR count). The minimum absolute atomic E-state index is 0. The Morgan fingerprint density at radius 2 is 0.882 bits per heavy atom. The van der Waals surface area contributed by atoms with Crippen molar-refractivity contribution in [3.8, 4) is 39.1 Å². The zero-order valence-corrected chi connectivity index (χ0v) is 34.9. The molecular formula is C44H30Cl2N4Ra. The predicted molar refractivity (Wildman–Crippen MR) is 200 cm³/mol. The molecule has 0 atom stereocenters. The molecule has 242 valence electrons. The maximum atomic E-state index is 5.29. The summed E-state index contributed by atoms with van der Waals surface area (Å²) < 4.78 is 2.41. The van der Waals surface area contributed by atoms with Gasteiger partial charge in [0.1, 0.15) is 0 Å². The molecule has 0 saturated carbocycles. The first-order chi connectivity index (χ1) is 23.8. The topological polar surface area (TPSA) is 46.5 Å². The number of hydrogen-bond acceptors (Lipinski definition) is 2. The molecule has 3 aromatic heterocycles. The number of nitrogens with zero attached hydrogens (tertiary/aromatic N) is 3. The van der Waals surface area contributed by atoms with Crippen molar-refractivity contribution in [3.63, 3.8) is 0 Å². The summed E-state index contributed by atoms with van der Waals surface area (Å²) >= 11 is 0. The molecule has 1 N–H and O–H groups in total. The first-order valence-electron chi connectivity index (χ1n) is 16.2. The summed E-state index contributed by atoms with van der Waals surface area (Å²) in [5, 5.41) is 0. The van der Waals surface area contributed by atoms with E-state index < -0.39 is 0 Å². The van der Waals surface area contributed by atoms with Crippen molar-refractivity contribution in [1.29, 1.82) is 0 Å². The SMILES string of the molecule is C1=Cc2cc3c(-c4ccccc4)c(-c4ccccc4)c(c(-c4ccccc4)c4nc(cc5ccc(cc1n2)[nH]5)C=C4)n3-c1ccccc1.[Cl-].[Cl-].[Ra+2]. The van der Waals surface area contributed by atoms with Gasteiger partial charge in [-0.3, -0.25) is 0 Å². The number of para-hydroxylation sites is 1. The molecule has 4 nitrogen and oxygen atoms in total. The second-order valence-electron chi connectivity index (χ2n) is 12.0. The average Bonchev–Trinajstić information content (AvgIpc) is 3.95. The number of nitrogens with one attached hydrogen (secondary N) is 1. The monoisotopic (exact) mass is 910 g/mol. The number of benzene rings is 4. The van der Waals surface area contributed by atoms with Crippen LogP contribution in [0.2, 0.25) is 0 Å². The normalized spacial score (nSPS) is 11.3. The number of aromatic nitrogens is 4. The summed E-state index contributed by atoms with van der Waals surface area (Å²) in [6, 6.07) is 53.3. The van der Waals surface area contributed by atoms with Gasteiger partial charge in [-0.2, -0.15) is 0 Å². The van der Waals surface area contributed by atoms with E-state index in [1.807, 2.05) is 0 Å². The zero-order chi connectivity index (χ0) is 31.9. The van der Waals surface area contributed by atoms with Gasteiger partial charge in [0.05, 0.1) is 33.8 Å². The van der Waals surface area contributed by atoms with E-state index in [9.17, 15) is 0 Å². The Labute approximate surface area is 345 Å². The second kappa shape index (κ2) is 15.8. The molecule has 4 aromatic carbocycles. The van der Waals surface area contributed by atoms with Crippen molar-refractivity contribution in [2.45, 2.75) is 0 Å². The van der Waals surface area contributed by atoms with E-state index in [1.54, 1.807) is 0 Å². The first kappa shape index (κ1) is 36.3. The molecule has 0 fully saturated rings. The fourth-order valence-electron chi connectivity index (χ4n) is 6.81. The Morgan fingerprint density at radius 3 is 1.45 bits per heavy atom. The van der Waals surface area contributed by atoms with Crippen LogP contribution in [-0.2, 0) is 0 Å². The maximum Gasteiger partial charge on any atom is 2.00 e. The van der Waals surface area contributed by atoms with E-state index in [-0.39, 0.29) is 69.8 Å². The average molecular weight is 912 g/mol. The summed E-state index contributed by atoms with van der Waals surface area (Å²) in [5.74, 6) is 0. The van der Waals surface area contributed by atoms with E-state index in [1.165, 1.54) is 0 Å². The van der Waals surface area contributed by atoms with Crippen LogP contribution in [0.25, 0.3) is 85.4 Å². The Bertz CT molecular complexity index is 2540. The van der Waals surface area contributed by atoms with Gasteiger partial charge in [-0.25, -0.2) is 9.97 Å². The summed E-state index contributed by atoms with van der Waals surface area (Å²) in [7, 11) is 0. The molecule has 51 heavy (non-hydrogen) atoms. The molecule has 2 aliphatic rings. The predicted octanol–water partition coefficient (Wildman–Crippen LogP) is 5.13. The van der Waals surface area contributed by atoms with Crippen LogP contribution in [0.5, 0.6) is 0 Å². The molecule has 0 spiro atoms. The van der Waals surface area contributed by atoms with Gasteiger partial charge in [0.25, 0.3) is 0 Å². The fourth-order valence-corrected chi connectivity index (χ4v) is 6.81. The maximum absolute atomic E-state index is 5.29. The van der Waals surface area contributed by atoms with Crippen LogP contribution in [0.1, 0.15) is 22.8 Å². The van der Waals surface area contributed by atoms with Gasteiger partial charge >= 0.3 is 45.0 Å². The van der Waals surface area contributed by atoms with Crippen LogP contribution >= 0.6 is 0 Å². The minimum Gasteiger partial charge on any atom is -1.00 e. The smallest absolute Gasteiger partial charge is 1.00 e. The number of hydrogen-bond donors (Lipinski definition) is 1. The van der Waals surface area contributed by atoms with Crippen LogP contribution in [0.3, 0.4) is 0 Å². The van der Waals surface area contributed by atoms with Gasteiger partial charge in [-0.05, 0) is 83.5 Å². The molecule has 0 amide bonds. The molecule has 0 unspecified atom stereocenters. The van der Waals surface area contributed by atoms with Gasteiger partial charge in [-0.15, -0.1) is 0 Å². The summed E-state index contributed by atoms with van der Waals surface area (Å²) in [5.41, 5.74) is 15.4. The van der Waals surface area contributed by atoms with E-state index in [0.717, 1.165) is 83.9 Å². The van der Waals surface area contributed by atoms with Crippen molar-refractivity contribution in [2.24, 2.45) is 0 Å². The Kier molecular flexibility index (Phi) is 11.3. The van der Waals surface area contributed by atoms with E-state index >= 15 is 0 Å². The van der Waals surface area contributed by atoms with Crippen LogP contribution in [0, 0.1) is 45.0 Å². The molecule has 7 aromatic rings. The van der Waals surface area contributed by atoms with E-state index in [0.29, 0.717) is 0 Å². The number of aromatic amines is 1. The molecule has 2 aliphatic heterocycles. The van der Waals surface area contributed by atoms with Gasteiger partial charge in [0.15, 0.2) is 0 Å². The van der Waals surface area contributed by atoms with Gasteiger partial charge in [0, 0.05) is 33.4 Å². The third-order valence-electron chi connectivity index (χ3n) is 8.87. The van der Waals surface area contributed by atoms with Crippen LogP contribution in [0.15, 0.2) is 152 Å². The third kappa shape index (κ3) is 7.06. The first-order valence-corrected chi connectivity index (χ1v) is 16.2. The van der Waals surface area contributed by atoms with Crippen molar-refractivity contribution in [1.82, 2.24) is 19.5 Å². The van der Waals surface area contributed by atoms with Crippen LogP contribution in [-0.4, -0.2) is 19.5 Å². The molecule has 0 radical (unpaired) electrons. The minimum atomic E-state index is 0. The van der Waals surface area contributed by atoms with Crippen LogP contribution in [0.4, 0.5) is 0 Å². The van der Waals surface area contributed by atoms with E-state index in [2.05, 4.69) is 186 Å². The van der Waals surface area contributed by atoms with Crippen molar-refractivity contribution in [2.75, 3.05) is 0 Å². The van der Waals surface area contributed by atoms with Crippen molar-refractivity contribution < 1.29 is 69.8 Å². The number of halogens is 2. The quantitative estimate of drug-likeness (QED) is 0.267. The largest absolute Gasteiger partial charge is 2.00 e. The number of rotatable bonds is 4. The fraction of sp³-hybridized carbons (Fsp3) is 0. The summed E-state index contributed by atoms with van der Waals surface area (Å²) in [6.45, 7) is 0. The standard InChI is InChI=1S/C44H30N4.2ClH.Ra/c1-5-13-30(14-6-1)41-39-26-25-36(47-39)28-35-22-21-33(45-35)27-34-23-24-37(46-34)29-40-42(31-15-7-2-8-16-31)43(32-17-9-3-10-18-32)44(41)48(40)38-19-11-4-12-20-38;;;/h1-29,45H;2*1H;/q;;;+2/p-2. The molecule has 8 bridgehead atoms. The molecular weight excluding hydrogens is 881 g/mol. The number of H-pyrrole nitrogens is 1. The van der Waals surface area contributed by atoms with Gasteiger partial charge < -0.3 is 34.4 Å². The summed E-state index contributed by atoms with van der Waals surface area (Å²) in [6.07, 6.45) is 8.44. The Morgan fingerprint density at radius 1 is 0.431 bits per heavy atom. The molecule has 0 aliphatic carbocycles. The van der Waals surface area contributed by atoms with Gasteiger partial charge in [-0.1, -0.05) is 109 Å². The Balaban J connectivity index is 0.00000149. The molecule has 7 heteroatoms. The molecule has 0 saturated heterocycles. The summed E-state index contributed by atoms with van der Waals surface area (Å²) in [4.78, 5) is 13.9. The van der Waals surface area contributed by atoms with Crippen molar-refractivity contribution in [3.05, 3.63) is 174 Å². The zero-order valence-electron chi connectivity index (χ0n) is 27.5. The Hall–Kier alpha value is -4.47.